The summed E-state index contributed by atoms with van der Waals surface area (Å²) in [5.41, 5.74) is 11.9. The molecule has 0 radical (unpaired) electrons. The minimum absolute atomic E-state index is 0.0667. The SMILES string of the molecule is Cc1cc(C)c(CC(Cc2c(C)cc(C)cc2C)(C2=N[C@@H](c3ccccc3)CO2)C2=N[C@@H](c3ccccc3)CO2)c(C)c1. The van der Waals surface area contributed by atoms with Crippen LogP contribution >= 0.6 is 0 Å². The fourth-order valence-corrected chi connectivity index (χ4v) is 7.00. The highest BCUT2D eigenvalue weighted by Crippen LogP contribution is 2.43. The molecular formula is C39H42N2O2. The Morgan fingerprint density at radius 1 is 0.558 bits per heavy atom. The Morgan fingerprint density at radius 3 is 1.26 bits per heavy atom. The number of rotatable bonds is 8. The monoisotopic (exact) mass is 570 g/mol. The van der Waals surface area contributed by atoms with Crippen molar-refractivity contribution in [2.45, 2.75) is 66.5 Å². The summed E-state index contributed by atoms with van der Waals surface area (Å²) in [5.74, 6) is 1.46. The van der Waals surface area contributed by atoms with Crippen molar-refractivity contribution in [3.05, 3.63) is 141 Å². The van der Waals surface area contributed by atoms with Gasteiger partial charge in [0.05, 0.1) is 0 Å². The molecule has 4 nitrogen and oxygen atoms in total. The van der Waals surface area contributed by atoms with Gasteiger partial charge in [-0.15, -0.1) is 0 Å². The van der Waals surface area contributed by atoms with E-state index < -0.39 is 5.41 Å². The van der Waals surface area contributed by atoms with Gasteiger partial charge in [0.1, 0.15) is 30.7 Å². The van der Waals surface area contributed by atoms with Gasteiger partial charge in [-0.3, -0.25) is 0 Å². The van der Waals surface area contributed by atoms with Crippen LogP contribution in [0.2, 0.25) is 0 Å². The molecule has 0 unspecified atom stereocenters. The van der Waals surface area contributed by atoms with Crippen LogP contribution in [-0.4, -0.2) is 25.0 Å². The number of hydrogen-bond acceptors (Lipinski definition) is 4. The van der Waals surface area contributed by atoms with E-state index in [1.54, 1.807) is 0 Å². The van der Waals surface area contributed by atoms with E-state index in [2.05, 4.69) is 114 Å². The maximum absolute atomic E-state index is 6.68. The van der Waals surface area contributed by atoms with Gasteiger partial charge in [-0.25, -0.2) is 9.98 Å². The molecule has 0 aromatic heterocycles. The normalized spacial score (nSPS) is 18.2. The Balaban J connectivity index is 1.56. The molecule has 0 N–H and O–H groups in total. The second kappa shape index (κ2) is 11.8. The van der Waals surface area contributed by atoms with E-state index in [9.17, 15) is 0 Å². The van der Waals surface area contributed by atoms with Crippen molar-refractivity contribution >= 4 is 11.8 Å². The largest absolute Gasteiger partial charge is 0.478 e. The van der Waals surface area contributed by atoms with Crippen LogP contribution in [0.5, 0.6) is 0 Å². The molecular weight excluding hydrogens is 528 g/mol. The van der Waals surface area contributed by atoms with E-state index in [1.807, 2.05) is 12.1 Å². The summed E-state index contributed by atoms with van der Waals surface area (Å²) in [6, 6.07) is 29.9. The van der Waals surface area contributed by atoms with E-state index >= 15 is 0 Å². The van der Waals surface area contributed by atoms with E-state index in [0.29, 0.717) is 26.1 Å². The number of aliphatic imine (C=N–C) groups is 2. The first-order valence-electron chi connectivity index (χ1n) is 15.4. The second-order valence-corrected chi connectivity index (χ2v) is 12.5. The molecule has 0 aliphatic carbocycles. The molecule has 0 fully saturated rings. The lowest BCUT2D eigenvalue weighted by Gasteiger charge is -2.34. The highest BCUT2D eigenvalue weighted by atomic mass is 16.5. The third-order valence-electron chi connectivity index (χ3n) is 9.13. The van der Waals surface area contributed by atoms with Crippen LogP contribution in [-0.2, 0) is 22.3 Å². The molecule has 0 bridgehead atoms. The maximum Gasteiger partial charge on any atom is 0.200 e. The number of nitrogens with zero attached hydrogens (tertiary/aromatic N) is 2. The first kappa shape index (κ1) is 28.9. The highest BCUT2D eigenvalue weighted by molar-refractivity contribution is 6.07. The smallest absolute Gasteiger partial charge is 0.200 e. The van der Waals surface area contributed by atoms with Crippen molar-refractivity contribution in [1.82, 2.24) is 0 Å². The molecule has 6 rings (SSSR count). The van der Waals surface area contributed by atoms with E-state index in [1.165, 1.54) is 44.5 Å². The standard InChI is InChI=1S/C39H42N2O2/c1-25-17-27(3)33(28(4)18-25)21-39(22-34-29(5)19-26(2)20-30(34)6,37-40-35(23-42-37)31-13-9-7-10-14-31)38-41-36(24-43-38)32-15-11-8-12-16-32/h7-20,35-36H,21-24H2,1-6H3/t35-,36-/m1/s1. The minimum Gasteiger partial charge on any atom is -0.478 e. The molecule has 43 heavy (non-hydrogen) atoms. The van der Waals surface area contributed by atoms with Crippen molar-refractivity contribution in [1.29, 1.82) is 0 Å². The number of benzene rings is 4. The minimum atomic E-state index is -0.706. The van der Waals surface area contributed by atoms with Crippen LogP contribution in [0.3, 0.4) is 0 Å². The van der Waals surface area contributed by atoms with E-state index in [4.69, 9.17) is 19.5 Å². The van der Waals surface area contributed by atoms with E-state index in [-0.39, 0.29) is 12.1 Å². The highest BCUT2D eigenvalue weighted by Gasteiger charge is 2.50. The van der Waals surface area contributed by atoms with Crippen LogP contribution in [0.4, 0.5) is 0 Å². The van der Waals surface area contributed by atoms with Gasteiger partial charge in [0.15, 0.2) is 0 Å². The molecule has 0 saturated heterocycles. The summed E-state index contributed by atoms with van der Waals surface area (Å²) < 4.78 is 13.4. The van der Waals surface area contributed by atoms with Crippen molar-refractivity contribution < 1.29 is 9.47 Å². The van der Waals surface area contributed by atoms with Crippen molar-refractivity contribution in [3.63, 3.8) is 0 Å². The second-order valence-electron chi connectivity index (χ2n) is 12.5. The van der Waals surface area contributed by atoms with Gasteiger partial charge in [-0.2, -0.15) is 0 Å². The Hall–Kier alpha value is -4.18. The van der Waals surface area contributed by atoms with Gasteiger partial charge in [-0.1, -0.05) is 96.1 Å². The van der Waals surface area contributed by atoms with Gasteiger partial charge in [0, 0.05) is 0 Å². The summed E-state index contributed by atoms with van der Waals surface area (Å²) in [7, 11) is 0. The molecule has 2 aliphatic rings. The van der Waals surface area contributed by atoms with Gasteiger partial charge >= 0.3 is 0 Å². The first-order chi connectivity index (χ1) is 20.7. The third kappa shape index (κ3) is 5.76. The fourth-order valence-electron chi connectivity index (χ4n) is 7.00. The van der Waals surface area contributed by atoms with Crippen molar-refractivity contribution in [3.8, 4) is 0 Å². The van der Waals surface area contributed by atoms with Crippen molar-refractivity contribution in [2.75, 3.05) is 13.2 Å². The topological polar surface area (TPSA) is 43.2 Å². The van der Waals surface area contributed by atoms with Gasteiger partial charge in [0.2, 0.25) is 11.8 Å². The molecule has 0 amide bonds. The zero-order valence-electron chi connectivity index (χ0n) is 26.3. The first-order valence-corrected chi connectivity index (χ1v) is 15.4. The maximum atomic E-state index is 6.68. The average Bonchev–Trinajstić information content (AvgIpc) is 3.68. The summed E-state index contributed by atoms with van der Waals surface area (Å²) in [5, 5.41) is 0. The van der Waals surface area contributed by atoms with Crippen LogP contribution < -0.4 is 0 Å². The quantitative estimate of drug-likeness (QED) is 0.213. The number of ether oxygens (including phenoxy) is 2. The molecule has 0 spiro atoms. The fraction of sp³-hybridized carbons (Fsp3) is 0.333. The Labute approximate surface area is 256 Å². The lowest BCUT2D eigenvalue weighted by molar-refractivity contribution is 0.249. The van der Waals surface area contributed by atoms with E-state index in [0.717, 1.165) is 22.9 Å². The molecule has 2 heterocycles. The third-order valence-corrected chi connectivity index (χ3v) is 9.13. The molecule has 2 aliphatic heterocycles. The zero-order valence-corrected chi connectivity index (χ0v) is 26.3. The summed E-state index contributed by atoms with van der Waals surface area (Å²) in [6.45, 7) is 14.2. The van der Waals surface area contributed by atoms with Gasteiger partial charge in [0.25, 0.3) is 0 Å². The summed E-state index contributed by atoms with van der Waals surface area (Å²) >= 11 is 0. The molecule has 0 saturated carbocycles. The number of hydrogen-bond donors (Lipinski definition) is 0. The summed E-state index contributed by atoms with van der Waals surface area (Å²) in [4.78, 5) is 10.7. The van der Waals surface area contributed by atoms with Crippen molar-refractivity contribution in [2.24, 2.45) is 15.4 Å². The lowest BCUT2D eigenvalue weighted by Crippen LogP contribution is -2.45. The predicted molar refractivity (Wildman–Crippen MR) is 176 cm³/mol. The predicted octanol–water partition coefficient (Wildman–Crippen LogP) is 8.65. The molecule has 220 valence electrons. The molecule has 4 aromatic carbocycles. The van der Waals surface area contributed by atoms with Gasteiger partial charge < -0.3 is 9.47 Å². The molecule has 2 atom stereocenters. The van der Waals surface area contributed by atoms with Crippen LogP contribution in [0, 0.1) is 47.0 Å². The Morgan fingerprint density at radius 2 is 0.907 bits per heavy atom. The average molecular weight is 571 g/mol. The Kier molecular flexibility index (Phi) is 7.96. The van der Waals surface area contributed by atoms with Crippen LogP contribution in [0.1, 0.15) is 67.7 Å². The van der Waals surface area contributed by atoms with Crippen LogP contribution in [0.25, 0.3) is 0 Å². The Bertz CT molecular complexity index is 1510. The lowest BCUT2D eigenvalue weighted by atomic mass is 9.72. The molecule has 4 heteroatoms. The molecule has 4 aromatic rings. The number of aryl methyl sites for hydroxylation is 6. The van der Waals surface area contributed by atoms with Crippen LogP contribution in [0.15, 0.2) is 94.9 Å². The zero-order chi connectivity index (χ0) is 30.1. The summed E-state index contributed by atoms with van der Waals surface area (Å²) in [6.07, 6.45) is 1.39. The van der Waals surface area contributed by atoms with Gasteiger partial charge in [-0.05, 0) is 98.9 Å².